The van der Waals surface area contributed by atoms with Crippen LogP contribution in [0.15, 0.2) is 157 Å². The van der Waals surface area contributed by atoms with Gasteiger partial charge in [0.2, 0.25) is 0 Å². The van der Waals surface area contributed by atoms with Crippen molar-refractivity contribution in [2.24, 2.45) is 0 Å². The summed E-state index contributed by atoms with van der Waals surface area (Å²) in [6.07, 6.45) is 6.85. The second-order valence-electron chi connectivity index (χ2n) is 16.4. The summed E-state index contributed by atoms with van der Waals surface area (Å²) in [6.45, 7) is 9.54. The van der Waals surface area contributed by atoms with Gasteiger partial charge in [-0.15, -0.1) is 0 Å². The average molecular weight is 860 g/mol. The molecule has 8 aromatic rings. The minimum atomic E-state index is -4.96. The first-order valence-corrected chi connectivity index (χ1v) is 36.6. The van der Waals surface area contributed by atoms with Gasteiger partial charge in [-0.3, -0.25) is 0 Å². The SMILES string of the molecule is CCC1=Cc2c(-c3cc4ccccc4c4ccccc34)cccc2[CH]1[Zr]([Cl])([Cl])([CH]1C(CC)=Cc2c(-c3cc4ccccc4c4ccccc34)cccc21)[SiH](C)C. The average Bonchev–Trinajstić information content (AvgIpc) is 3.83. The molecule has 0 aromatic heterocycles. The van der Waals surface area contributed by atoms with Crippen molar-refractivity contribution in [3.8, 4) is 22.3 Å². The molecule has 2 unspecified atom stereocenters. The van der Waals surface area contributed by atoms with Crippen molar-refractivity contribution in [3.05, 3.63) is 179 Å². The van der Waals surface area contributed by atoms with Crippen LogP contribution in [0.5, 0.6) is 0 Å². The first-order valence-electron chi connectivity index (χ1n) is 20.3. The van der Waals surface area contributed by atoms with E-state index in [-0.39, 0.29) is 7.25 Å². The van der Waals surface area contributed by atoms with Gasteiger partial charge in [-0.05, 0) is 0 Å². The molecule has 0 spiro atoms. The Morgan fingerprint density at radius 3 is 1.21 bits per heavy atom. The molecule has 0 saturated heterocycles. The van der Waals surface area contributed by atoms with Crippen molar-refractivity contribution < 1.29 is 15.6 Å². The zero-order chi connectivity index (χ0) is 38.4. The quantitative estimate of drug-likeness (QED) is 0.111. The Balaban J connectivity index is 1.19. The molecule has 4 heteroatoms. The monoisotopic (exact) mass is 857 g/mol. The van der Waals surface area contributed by atoms with Crippen LogP contribution >= 0.6 is 17.0 Å². The third-order valence-electron chi connectivity index (χ3n) is 13.4. The molecule has 0 fully saturated rings. The van der Waals surface area contributed by atoms with E-state index in [1.807, 2.05) is 0 Å². The van der Waals surface area contributed by atoms with Crippen LogP contribution in [-0.2, 0) is 15.6 Å². The van der Waals surface area contributed by atoms with Crippen LogP contribution in [0, 0.1) is 0 Å². The van der Waals surface area contributed by atoms with Gasteiger partial charge in [-0.1, -0.05) is 0 Å². The summed E-state index contributed by atoms with van der Waals surface area (Å²) in [5, 5.41) is 10.2. The molecule has 2 aliphatic carbocycles. The molecule has 8 aromatic carbocycles. The van der Waals surface area contributed by atoms with Gasteiger partial charge in [0, 0.05) is 0 Å². The fraction of sp³-hybridized carbons (Fsp3) is 0.154. The van der Waals surface area contributed by atoms with E-state index in [1.165, 1.54) is 98.7 Å². The van der Waals surface area contributed by atoms with Gasteiger partial charge in [-0.2, -0.15) is 0 Å². The molecular formula is C52H45Cl2SiZr. The summed E-state index contributed by atoms with van der Waals surface area (Å²) in [7, 11) is 17.7. The Morgan fingerprint density at radius 1 is 0.446 bits per heavy atom. The molecule has 56 heavy (non-hydrogen) atoms. The van der Waals surface area contributed by atoms with E-state index < -0.39 is 21.5 Å². The number of hydrogen-bond acceptors (Lipinski definition) is 0. The number of benzene rings is 8. The minimum absolute atomic E-state index is 0.0502. The van der Waals surface area contributed by atoms with Crippen molar-refractivity contribution in [2.45, 2.75) is 47.0 Å². The zero-order valence-corrected chi connectivity index (χ0v) is 37.5. The topological polar surface area (TPSA) is 0 Å². The Labute approximate surface area is 339 Å². The number of fused-ring (bicyclic) bond motifs is 8. The fourth-order valence-corrected chi connectivity index (χ4v) is 42.5. The Bertz CT molecular complexity index is 2790. The van der Waals surface area contributed by atoms with Crippen LogP contribution in [0.25, 0.3) is 77.5 Å². The fourth-order valence-electron chi connectivity index (χ4n) is 10.7. The molecule has 0 heterocycles. The summed E-state index contributed by atoms with van der Waals surface area (Å²) in [5.41, 5.74) is 13.2. The van der Waals surface area contributed by atoms with Gasteiger partial charge >= 0.3 is 342 Å². The summed E-state index contributed by atoms with van der Waals surface area (Å²) in [5.74, 6) is -1.71. The van der Waals surface area contributed by atoms with E-state index >= 15 is 0 Å². The number of hydrogen-bond donors (Lipinski definition) is 0. The van der Waals surface area contributed by atoms with E-state index in [2.05, 4.69) is 185 Å². The van der Waals surface area contributed by atoms with Crippen molar-refractivity contribution in [2.75, 3.05) is 0 Å². The van der Waals surface area contributed by atoms with Gasteiger partial charge in [0.25, 0.3) is 0 Å². The van der Waals surface area contributed by atoms with E-state index in [9.17, 15) is 0 Å². The standard InChI is InChI=1S/2C25H19.C2H7Si.2ClH.Zr/c2*1-2-17-14-18-9-7-13-23(24(18)15-17)25-16-19-8-3-4-10-20(19)21-11-5-6-12-22(21)25;1-3-2;;;/h2*3-16H,2H2,1H3;3H,1-2H3;2*1H;/q;;;;;+2/p-2. The summed E-state index contributed by atoms with van der Waals surface area (Å²) >= 11 is -4.96. The maximum absolute atomic E-state index is 8.84. The van der Waals surface area contributed by atoms with Crippen LogP contribution < -0.4 is 0 Å². The number of halogens is 2. The van der Waals surface area contributed by atoms with Crippen LogP contribution in [0.3, 0.4) is 0 Å². The van der Waals surface area contributed by atoms with Crippen LogP contribution in [0.1, 0.15) is 56.2 Å². The molecule has 0 N–H and O–H groups in total. The van der Waals surface area contributed by atoms with Gasteiger partial charge in [-0.25, -0.2) is 0 Å². The van der Waals surface area contributed by atoms with Crippen molar-refractivity contribution >= 4 is 78.2 Å². The molecule has 0 saturated carbocycles. The van der Waals surface area contributed by atoms with E-state index in [0.29, 0.717) is 0 Å². The maximum atomic E-state index is 8.84. The Morgan fingerprint density at radius 2 is 0.821 bits per heavy atom. The second-order valence-corrected chi connectivity index (χ2v) is 58.9. The molecule has 0 amide bonds. The molecule has 0 nitrogen and oxygen atoms in total. The molecule has 0 radical (unpaired) electrons. The zero-order valence-electron chi connectivity index (χ0n) is 32.4. The second kappa shape index (κ2) is 13.5. The third kappa shape index (κ3) is 5.19. The molecule has 2 atom stereocenters. The molecule has 275 valence electrons. The third-order valence-corrected chi connectivity index (χ3v) is 65.3. The predicted molar refractivity (Wildman–Crippen MR) is 246 cm³/mol. The van der Waals surface area contributed by atoms with Gasteiger partial charge < -0.3 is 0 Å². The molecular weight excluding hydrogens is 815 g/mol. The summed E-state index contributed by atoms with van der Waals surface area (Å²) in [6, 6.07) is 54.0. The molecule has 0 aliphatic heterocycles. The first-order chi connectivity index (χ1) is 27.2. The van der Waals surface area contributed by atoms with Gasteiger partial charge in [0.1, 0.15) is 0 Å². The Hall–Kier alpha value is -4.04. The van der Waals surface area contributed by atoms with Crippen LogP contribution in [0.4, 0.5) is 0 Å². The molecule has 10 rings (SSSR count). The number of allylic oxidation sites excluding steroid dienone is 2. The number of rotatable bonds is 7. The summed E-state index contributed by atoms with van der Waals surface area (Å²) in [4.78, 5) is 0. The van der Waals surface area contributed by atoms with E-state index in [1.54, 1.807) is 0 Å². The predicted octanol–water partition coefficient (Wildman–Crippen LogP) is 16.0. The van der Waals surface area contributed by atoms with Crippen molar-refractivity contribution in [1.29, 1.82) is 0 Å². The summed E-state index contributed by atoms with van der Waals surface area (Å²) < 4.78 is 0.100. The molecule has 2 aliphatic rings. The van der Waals surface area contributed by atoms with Crippen molar-refractivity contribution in [1.82, 2.24) is 0 Å². The van der Waals surface area contributed by atoms with Gasteiger partial charge in [0.15, 0.2) is 0 Å². The Kier molecular flexibility index (Phi) is 8.77. The van der Waals surface area contributed by atoms with Crippen molar-refractivity contribution in [3.63, 3.8) is 0 Å². The normalized spacial score (nSPS) is 17.3. The molecule has 0 bridgehead atoms. The van der Waals surface area contributed by atoms with Crippen LogP contribution in [-0.4, -0.2) is 5.92 Å². The first kappa shape index (κ1) is 36.3. The van der Waals surface area contributed by atoms with E-state index in [4.69, 9.17) is 17.0 Å². The van der Waals surface area contributed by atoms with Crippen LogP contribution in [0.2, 0.25) is 13.1 Å². The van der Waals surface area contributed by atoms with Gasteiger partial charge in [0.05, 0.1) is 0 Å². The van der Waals surface area contributed by atoms with E-state index in [0.717, 1.165) is 12.8 Å².